The second-order valence-electron chi connectivity index (χ2n) is 7.78. The number of hydrogen-bond acceptors (Lipinski definition) is 3. The Morgan fingerprint density at radius 3 is 2.86 bits per heavy atom. The van der Waals surface area contributed by atoms with E-state index in [9.17, 15) is 0 Å². The van der Waals surface area contributed by atoms with Crippen LogP contribution in [0.25, 0.3) is 0 Å². The van der Waals surface area contributed by atoms with Crippen LogP contribution in [0.3, 0.4) is 0 Å². The van der Waals surface area contributed by atoms with Gasteiger partial charge in [-0.25, -0.2) is 0 Å². The maximum absolute atomic E-state index is 5.98. The van der Waals surface area contributed by atoms with Crippen LogP contribution in [0.15, 0.2) is 0 Å². The lowest BCUT2D eigenvalue weighted by Crippen LogP contribution is -2.55. The molecule has 1 N–H and O–H groups in total. The molecule has 0 aromatic heterocycles. The van der Waals surface area contributed by atoms with Gasteiger partial charge in [-0.2, -0.15) is 0 Å². The lowest BCUT2D eigenvalue weighted by atomic mass is 9.72. The Hall–Kier alpha value is -0.120. The summed E-state index contributed by atoms with van der Waals surface area (Å²) in [7, 11) is 0. The Kier molecular flexibility index (Phi) is 5.23. The van der Waals surface area contributed by atoms with Gasteiger partial charge >= 0.3 is 0 Å². The topological polar surface area (TPSA) is 24.5 Å². The van der Waals surface area contributed by atoms with Gasteiger partial charge in [0.05, 0.1) is 12.7 Å². The van der Waals surface area contributed by atoms with Crippen molar-refractivity contribution in [1.29, 1.82) is 0 Å². The Bertz CT molecular complexity index is 335. The van der Waals surface area contributed by atoms with E-state index >= 15 is 0 Å². The number of nitrogens with zero attached hydrogens (tertiary/aromatic N) is 1. The molecule has 3 nitrogen and oxygen atoms in total. The summed E-state index contributed by atoms with van der Waals surface area (Å²) in [6, 6.07) is 1.43. The average molecular weight is 294 g/mol. The first kappa shape index (κ1) is 15.8. The molecule has 122 valence electrons. The highest BCUT2D eigenvalue weighted by atomic mass is 16.5. The second-order valence-corrected chi connectivity index (χ2v) is 7.78. The number of fused-ring (bicyclic) bond motifs is 1. The van der Waals surface area contributed by atoms with Crippen LogP contribution in [-0.2, 0) is 4.74 Å². The Morgan fingerprint density at radius 1 is 1.19 bits per heavy atom. The summed E-state index contributed by atoms with van der Waals surface area (Å²) in [5.74, 6) is 2.55. The summed E-state index contributed by atoms with van der Waals surface area (Å²) in [4.78, 5) is 2.78. The fraction of sp³-hybridized carbons (Fsp3) is 1.00. The van der Waals surface area contributed by atoms with Crippen LogP contribution in [0.5, 0.6) is 0 Å². The van der Waals surface area contributed by atoms with Crippen molar-refractivity contribution in [1.82, 2.24) is 10.2 Å². The van der Waals surface area contributed by atoms with Gasteiger partial charge in [0.1, 0.15) is 0 Å². The van der Waals surface area contributed by atoms with E-state index in [4.69, 9.17) is 4.74 Å². The second kappa shape index (κ2) is 6.97. The normalized spacial score (nSPS) is 44.7. The van der Waals surface area contributed by atoms with Crippen LogP contribution in [0.2, 0.25) is 0 Å². The summed E-state index contributed by atoms with van der Waals surface area (Å²) in [5.41, 5.74) is 0. The molecule has 21 heavy (non-hydrogen) atoms. The van der Waals surface area contributed by atoms with Crippen molar-refractivity contribution in [3.8, 4) is 0 Å². The summed E-state index contributed by atoms with van der Waals surface area (Å²) >= 11 is 0. The van der Waals surface area contributed by atoms with Crippen molar-refractivity contribution >= 4 is 0 Å². The van der Waals surface area contributed by atoms with E-state index in [2.05, 4.69) is 31.0 Å². The molecule has 2 aliphatic carbocycles. The van der Waals surface area contributed by atoms with Crippen LogP contribution in [0.4, 0.5) is 0 Å². The van der Waals surface area contributed by atoms with Crippen molar-refractivity contribution in [3.63, 3.8) is 0 Å². The molecule has 0 amide bonds. The minimum Gasteiger partial charge on any atom is -0.375 e. The molecule has 0 aromatic carbocycles. The van der Waals surface area contributed by atoms with Crippen LogP contribution in [0, 0.1) is 17.8 Å². The predicted molar refractivity (Wildman–Crippen MR) is 87.5 cm³/mol. The van der Waals surface area contributed by atoms with Crippen LogP contribution >= 0.6 is 0 Å². The van der Waals surface area contributed by atoms with Gasteiger partial charge in [-0.15, -0.1) is 0 Å². The van der Waals surface area contributed by atoms with E-state index in [0.29, 0.717) is 12.1 Å². The first-order valence-electron chi connectivity index (χ1n) is 9.28. The third kappa shape index (κ3) is 3.46. The van der Waals surface area contributed by atoms with Crippen LogP contribution in [0.1, 0.15) is 52.9 Å². The number of nitrogens with one attached hydrogen (secondary N) is 1. The van der Waals surface area contributed by atoms with Gasteiger partial charge in [0.25, 0.3) is 0 Å². The van der Waals surface area contributed by atoms with Crippen LogP contribution in [-0.4, -0.2) is 49.3 Å². The van der Waals surface area contributed by atoms with Gasteiger partial charge in [0.15, 0.2) is 0 Å². The molecule has 0 radical (unpaired) electrons. The third-order valence-corrected chi connectivity index (χ3v) is 6.19. The van der Waals surface area contributed by atoms with E-state index in [-0.39, 0.29) is 0 Å². The molecule has 6 unspecified atom stereocenters. The molecule has 1 heterocycles. The molecule has 0 aromatic rings. The van der Waals surface area contributed by atoms with Crippen molar-refractivity contribution in [2.45, 2.75) is 71.1 Å². The summed E-state index contributed by atoms with van der Waals surface area (Å²) < 4.78 is 5.98. The molecule has 0 spiro atoms. The highest BCUT2D eigenvalue weighted by Crippen LogP contribution is 2.37. The maximum Gasteiger partial charge on any atom is 0.0730 e. The highest BCUT2D eigenvalue weighted by Gasteiger charge is 2.40. The van der Waals surface area contributed by atoms with E-state index in [1.54, 1.807) is 0 Å². The number of hydrogen-bond donors (Lipinski definition) is 1. The van der Waals surface area contributed by atoms with Crippen LogP contribution < -0.4 is 5.32 Å². The molecule has 3 fully saturated rings. The average Bonchev–Trinajstić information content (AvgIpc) is 2.92. The van der Waals surface area contributed by atoms with Crippen molar-refractivity contribution < 1.29 is 4.74 Å². The molecule has 3 heteroatoms. The van der Waals surface area contributed by atoms with Crippen molar-refractivity contribution in [2.24, 2.45) is 17.8 Å². The van der Waals surface area contributed by atoms with Gasteiger partial charge < -0.3 is 10.1 Å². The van der Waals surface area contributed by atoms with E-state index in [1.807, 2.05) is 0 Å². The summed E-state index contributed by atoms with van der Waals surface area (Å²) in [5, 5.41) is 3.79. The molecule has 1 aliphatic heterocycles. The zero-order valence-corrected chi connectivity index (χ0v) is 14.2. The van der Waals surface area contributed by atoms with E-state index in [1.165, 1.54) is 38.6 Å². The first-order chi connectivity index (χ1) is 10.2. The fourth-order valence-electron chi connectivity index (χ4n) is 5.22. The molecule has 6 atom stereocenters. The minimum atomic E-state index is 0.536. The molecule has 3 rings (SSSR count). The molecular formula is C18H34N2O. The highest BCUT2D eigenvalue weighted by molar-refractivity contribution is 4.94. The lowest BCUT2D eigenvalue weighted by Gasteiger charge is -2.46. The smallest absolute Gasteiger partial charge is 0.0730 e. The molecule has 3 aliphatic rings. The van der Waals surface area contributed by atoms with Gasteiger partial charge in [-0.05, 0) is 56.4 Å². The quantitative estimate of drug-likeness (QED) is 0.863. The summed E-state index contributed by atoms with van der Waals surface area (Å²) in [6.45, 7) is 11.7. The predicted octanol–water partition coefficient (Wildman–Crippen LogP) is 2.90. The zero-order valence-electron chi connectivity index (χ0n) is 14.2. The minimum absolute atomic E-state index is 0.536. The Labute approximate surface area is 130 Å². The standard InChI is InChI=1S/C18H34N2O/c1-4-19-16-11-13(2)10-14(3)15(16)12-20-8-9-21-18-7-5-6-17(18)20/h13-19H,4-12H2,1-3H3. The Morgan fingerprint density at radius 2 is 2.05 bits per heavy atom. The summed E-state index contributed by atoms with van der Waals surface area (Å²) in [6.07, 6.45) is 7.31. The number of rotatable bonds is 4. The number of morpholine rings is 1. The van der Waals surface area contributed by atoms with Gasteiger partial charge in [-0.3, -0.25) is 4.90 Å². The molecule has 1 saturated heterocycles. The first-order valence-corrected chi connectivity index (χ1v) is 9.28. The van der Waals surface area contributed by atoms with Gasteiger partial charge in [-0.1, -0.05) is 20.8 Å². The van der Waals surface area contributed by atoms with E-state index < -0.39 is 0 Å². The maximum atomic E-state index is 5.98. The third-order valence-electron chi connectivity index (χ3n) is 6.19. The molecule has 2 saturated carbocycles. The van der Waals surface area contributed by atoms with E-state index in [0.717, 1.165) is 43.5 Å². The van der Waals surface area contributed by atoms with Crippen molar-refractivity contribution in [3.05, 3.63) is 0 Å². The zero-order chi connectivity index (χ0) is 14.8. The fourth-order valence-corrected chi connectivity index (χ4v) is 5.22. The lowest BCUT2D eigenvalue weighted by molar-refractivity contribution is -0.0673. The Balaban J connectivity index is 1.65. The van der Waals surface area contributed by atoms with Gasteiger partial charge in [0.2, 0.25) is 0 Å². The number of ether oxygens (including phenoxy) is 1. The SMILES string of the molecule is CCNC1CC(C)CC(C)C1CN1CCOC2CCCC21. The molecular weight excluding hydrogens is 260 g/mol. The monoisotopic (exact) mass is 294 g/mol. The van der Waals surface area contributed by atoms with Crippen molar-refractivity contribution in [2.75, 3.05) is 26.2 Å². The largest absolute Gasteiger partial charge is 0.375 e. The molecule has 0 bridgehead atoms. The van der Waals surface area contributed by atoms with Gasteiger partial charge in [0, 0.05) is 25.2 Å².